The molecule has 3 N–H and O–H groups in total. The zero-order valence-electron chi connectivity index (χ0n) is 18.2. The van der Waals surface area contributed by atoms with Crippen molar-refractivity contribution in [1.29, 1.82) is 0 Å². The number of hydrogen-bond acceptors (Lipinski definition) is 3. The van der Waals surface area contributed by atoms with Crippen LogP contribution >= 0.6 is 0 Å². The molecule has 0 saturated heterocycles. The molecule has 0 saturated carbocycles. The average molecular weight is 416 g/mol. The molecule has 0 spiro atoms. The summed E-state index contributed by atoms with van der Waals surface area (Å²) in [7, 11) is 0. The van der Waals surface area contributed by atoms with Gasteiger partial charge in [-0.3, -0.25) is 9.59 Å². The lowest BCUT2D eigenvalue weighted by Gasteiger charge is -2.15. The Hall–Kier alpha value is -3.44. The van der Waals surface area contributed by atoms with Crippen molar-refractivity contribution in [3.05, 3.63) is 89.5 Å². The van der Waals surface area contributed by atoms with Crippen molar-refractivity contribution >= 4 is 17.5 Å². The molecule has 0 heterocycles. The first-order valence-corrected chi connectivity index (χ1v) is 10.5. The molecule has 3 aromatic carbocycles. The van der Waals surface area contributed by atoms with Crippen LogP contribution in [0.3, 0.4) is 0 Å². The molecule has 0 fully saturated rings. The van der Waals surface area contributed by atoms with Crippen LogP contribution in [0, 0.1) is 13.8 Å². The number of benzene rings is 3. The molecule has 31 heavy (non-hydrogen) atoms. The molecule has 160 valence electrons. The Kier molecular flexibility index (Phi) is 7.57. The third-order valence-electron chi connectivity index (χ3n) is 5.28. The van der Waals surface area contributed by atoms with Gasteiger partial charge in [-0.2, -0.15) is 0 Å². The Morgan fingerprint density at radius 3 is 2.00 bits per heavy atom. The van der Waals surface area contributed by atoms with Gasteiger partial charge in [0.25, 0.3) is 0 Å². The Labute approximate surface area is 183 Å². The minimum absolute atomic E-state index is 0.0130. The highest BCUT2D eigenvalue weighted by Crippen LogP contribution is 2.22. The lowest BCUT2D eigenvalue weighted by molar-refractivity contribution is -0.123. The summed E-state index contributed by atoms with van der Waals surface area (Å²) in [6.07, 6.45) is 0. The van der Waals surface area contributed by atoms with Crippen molar-refractivity contribution in [1.82, 2.24) is 10.6 Å². The second kappa shape index (κ2) is 10.5. The summed E-state index contributed by atoms with van der Waals surface area (Å²) in [5.74, 6) is -0.459. The third kappa shape index (κ3) is 6.27. The summed E-state index contributed by atoms with van der Waals surface area (Å²) < 4.78 is 0. The van der Waals surface area contributed by atoms with E-state index in [9.17, 15) is 9.59 Å². The van der Waals surface area contributed by atoms with E-state index in [-0.39, 0.29) is 30.9 Å². The highest BCUT2D eigenvalue weighted by Gasteiger charge is 2.11. The van der Waals surface area contributed by atoms with Gasteiger partial charge in [0.2, 0.25) is 11.8 Å². The maximum atomic E-state index is 12.2. The predicted molar refractivity (Wildman–Crippen MR) is 126 cm³/mol. The molecule has 0 radical (unpaired) electrons. The zero-order chi connectivity index (χ0) is 22.2. The van der Waals surface area contributed by atoms with Gasteiger partial charge in [-0.1, -0.05) is 72.8 Å². The number of anilines is 1. The minimum Gasteiger partial charge on any atom is -0.346 e. The molecule has 3 aromatic rings. The van der Waals surface area contributed by atoms with Gasteiger partial charge in [0.1, 0.15) is 0 Å². The number of amides is 2. The van der Waals surface area contributed by atoms with Crippen LogP contribution in [0.2, 0.25) is 0 Å². The van der Waals surface area contributed by atoms with Crippen molar-refractivity contribution in [3.8, 4) is 11.1 Å². The fourth-order valence-electron chi connectivity index (χ4n) is 3.40. The summed E-state index contributed by atoms with van der Waals surface area (Å²) in [5, 5.41) is 8.74. The van der Waals surface area contributed by atoms with Crippen LogP contribution in [0.5, 0.6) is 0 Å². The summed E-state index contributed by atoms with van der Waals surface area (Å²) >= 11 is 0. The molecular weight excluding hydrogens is 386 g/mol. The standard InChI is InChI=1S/C26H29N3O2/c1-18-8-7-9-19(2)26(18)29-25(31)17-28-24(30)16-27-20(3)21-12-14-23(15-13-21)22-10-5-4-6-11-22/h4-15,20,27H,16-17H2,1-3H3,(H,28,30)(H,29,31). The summed E-state index contributed by atoms with van der Waals surface area (Å²) in [5.41, 5.74) is 6.21. The number of hydrogen-bond donors (Lipinski definition) is 3. The quantitative estimate of drug-likeness (QED) is 0.511. The molecule has 0 aliphatic rings. The lowest BCUT2D eigenvalue weighted by Crippen LogP contribution is -2.39. The lowest BCUT2D eigenvalue weighted by atomic mass is 10.0. The zero-order valence-corrected chi connectivity index (χ0v) is 18.2. The molecule has 0 aromatic heterocycles. The molecule has 3 rings (SSSR count). The molecule has 5 heteroatoms. The number of nitrogens with one attached hydrogen (secondary N) is 3. The van der Waals surface area contributed by atoms with E-state index in [1.165, 1.54) is 5.56 Å². The average Bonchev–Trinajstić information content (AvgIpc) is 2.79. The van der Waals surface area contributed by atoms with E-state index in [2.05, 4.69) is 52.3 Å². The smallest absolute Gasteiger partial charge is 0.243 e. The fourth-order valence-corrected chi connectivity index (χ4v) is 3.40. The van der Waals surface area contributed by atoms with Gasteiger partial charge >= 0.3 is 0 Å². The Morgan fingerprint density at radius 2 is 1.35 bits per heavy atom. The van der Waals surface area contributed by atoms with Gasteiger partial charge in [-0.15, -0.1) is 0 Å². The van der Waals surface area contributed by atoms with E-state index in [4.69, 9.17) is 0 Å². The highest BCUT2D eigenvalue weighted by molar-refractivity contribution is 5.95. The van der Waals surface area contributed by atoms with E-state index in [1.54, 1.807) is 0 Å². The van der Waals surface area contributed by atoms with Crippen molar-refractivity contribution in [3.63, 3.8) is 0 Å². The second-order valence-electron chi connectivity index (χ2n) is 7.68. The molecule has 2 amide bonds. The molecule has 0 aliphatic heterocycles. The number of carbonyl (C=O) groups excluding carboxylic acids is 2. The number of para-hydroxylation sites is 1. The van der Waals surface area contributed by atoms with Crippen LogP contribution in [0.1, 0.15) is 29.7 Å². The monoisotopic (exact) mass is 415 g/mol. The van der Waals surface area contributed by atoms with E-state index < -0.39 is 0 Å². The predicted octanol–water partition coefficient (Wildman–Crippen LogP) is 4.38. The van der Waals surface area contributed by atoms with Crippen LogP contribution in [-0.2, 0) is 9.59 Å². The van der Waals surface area contributed by atoms with Crippen LogP contribution in [-0.4, -0.2) is 24.9 Å². The first-order chi connectivity index (χ1) is 14.9. The highest BCUT2D eigenvalue weighted by atomic mass is 16.2. The molecular formula is C26H29N3O2. The van der Waals surface area contributed by atoms with Crippen LogP contribution < -0.4 is 16.0 Å². The number of aryl methyl sites for hydroxylation is 2. The SMILES string of the molecule is Cc1cccc(C)c1NC(=O)CNC(=O)CNC(C)c1ccc(-c2ccccc2)cc1. The van der Waals surface area contributed by atoms with Crippen molar-refractivity contribution in [2.75, 3.05) is 18.4 Å². The number of carbonyl (C=O) groups is 2. The van der Waals surface area contributed by atoms with Gasteiger partial charge < -0.3 is 16.0 Å². The van der Waals surface area contributed by atoms with E-state index >= 15 is 0 Å². The van der Waals surface area contributed by atoms with Crippen LogP contribution in [0.25, 0.3) is 11.1 Å². The van der Waals surface area contributed by atoms with Crippen molar-refractivity contribution in [2.45, 2.75) is 26.8 Å². The first kappa shape index (κ1) is 22.2. The normalized spacial score (nSPS) is 11.6. The van der Waals surface area contributed by atoms with Gasteiger partial charge in [0, 0.05) is 11.7 Å². The van der Waals surface area contributed by atoms with Crippen LogP contribution in [0.4, 0.5) is 5.69 Å². The Balaban J connectivity index is 1.44. The molecule has 1 unspecified atom stereocenters. The topological polar surface area (TPSA) is 70.2 Å². The van der Waals surface area contributed by atoms with E-state index in [0.29, 0.717) is 0 Å². The maximum Gasteiger partial charge on any atom is 0.243 e. The minimum atomic E-state index is -0.240. The van der Waals surface area contributed by atoms with E-state index in [1.807, 2.05) is 57.2 Å². The molecule has 5 nitrogen and oxygen atoms in total. The summed E-state index contributed by atoms with van der Waals surface area (Å²) in [4.78, 5) is 24.3. The Morgan fingerprint density at radius 1 is 0.742 bits per heavy atom. The van der Waals surface area contributed by atoms with Gasteiger partial charge in [0.05, 0.1) is 13.1 Å². The second-order valence-corrected chi connectivity index (χ2v) is 7.68. The summed E-state index contributed by atoms with van der Waals surface area (Å²) in [6, 6.07) is 24.4. The molecule has 0 bridgehead atoms. The first-order valence-electron chi connectivity index (χ1n) is 10.5. The summed E-state index contributed by atoms with van der Waals surface area (Å²) in [6.45, 7) is 5.98. The van der Waals surface area contributed by atoms with Gasteiger partial charge in [-0.05, 0) is 48.6 Å². The van der Waals surface area contributed by atoms with Crippen molar-refractivity contribution < 1.29 is 9.59 Å². The van der Waals surface area contributed by atoms with Gasteiger partial charge in [0.15, 0.2) is 0 Å². The molecule has 1 atom stereocenters. The largest absolute Gasteiger partial charge is 0.346 e. The number of rotatable bonds is 8. The Bertz CT molecular complexity index is 1010. The van der Waals surface area contributed by atoms with E-state index in [0.717, 1.165) is 27.9 Å². The fraction of sp³-hybridized carbons (Fsp3) is 0.231. The van der Waals surface area contributed by atoms with Crippen molar-refractivity contribution in [2.24, 2.45) is 0 Å². The third-order valence-corrected chi connectivity index (χ3v) is 5.28. The maximum absolute atomic E-state index is 12.2. The van der Waals surface area contributed by atoms with Crippen LogP contribution in [0.15, 0.2) is 72.8 Å². The van der Waals surface area contributed by atoms with Gasteiger partial charge in [-0.25, -0.2) is 0 Å². The molecule has 0 aliphatic carbocycles.